The molecule has 15 heteroatoms. The average Bonchev–Trinajstić information content (AvgIpc) is 3.47. The molecule has 0 bridgehead atoms. The second-order valence-electron chi connectivity index (χ2n) is 6.54. The average molecular weight is 522 g/mol. The van der Waals surface area contributed by atoms with Crippen molar-refractivity contribution in [2.24, 2.45) is 0 Å². The Balaban J connectivity index is 0.00000289. The van der Waals surface area contributed by atoms with Crippen LogP contribution in [-0.4, -0.2) is 71.3 Å². The summed E-state index contributed by atoms with van der Waals surface area (Å²) in [5, 5.41) is 26.3. The number of carboxylic acids is 1. The molecule has 0 saturated carbocycles. The molecule has 2 aliphatic heterocycles. The number of aromatic nitrogens is 3. The molecule has 4 rings (SSSR count). The molecule has 1 saturated heterocycles. The first-order valence-corrected chi connectivity index (χ1v) is 13.3. The number of amides is 2. The number of nitrogens with zero attached hydrogens (tertiary/aromatic N) is 3. The summed E-state index contributed by atoms with van der Waals surface area (Å²) in [6.07, 6.45) is 1.53. The molecule has 0 aromatic carbocycles. The summed E-state index contributed by atoms with van der Waals surface area (Å²) >= 11 is 2.80. The van der Waals surface area contributed by atoms with Crippen LogP contribution in [0.3, 0.4) is 0 Å². The molecule has 0 radical (unpaired) electrons. The molecule has 32 heavy (non-hydrogen) atoms. The predicted molar refractivity (Wildman–Crippen MR) is 114 cm³/mol. The van der Waals surface area contributed by atoms with Gasteiger partial charge in [-0.15, -0.1) is 28.6 Å². The first-order valence-electron chi connectivity index (χ1n) is 9.04. The third-order valence-electron chi connectivity index (χ3n) is 4.59. The third-order valence-corrected chi connectivity index (χ3v) is 9.59. The van der Waals surface area contributed by atoms with Crippen LogP contribution in [0, 0.1) is 0 Å². The van der Waals surface area contributed by atoms with Crippen molar-refractivity contribution in [1.29, 1.82) is 0 Å². The first kappa shape index (κ1) is 25.6. The van der Waals surface area contributed by atoms with Gasteiger partial charge in [-0.1, -0.05) is 16.6 Å². The van der Waals surface area contributed by atoms with Crippen LogP contribution < -0.4 is 40.0 Å². The summed E-state index contributed by atoms with van der Waals surface area (Å²) in [6.45, 7) is 0. The molecule has 2 N–H and O–H groups in total. The number of aliphatic carboxylic acids is 1. The van der Waals surface area contributed by atoms with E-state index >= 15 is 0 Å². The van der Waals surface area contributed by atoms with E-state index in [-0.39, 0.29) is 47.4 Å². The molecular formula is C17H16N5NaO5S4. The minimum absolute atomic E-state index is 0. The minimum Gasteiger partial charge on any atom is -0.611 e. The van der Waals surface area contributed by atoms with E-state index in [4.69, 9.17) is 0 Å². The van der Waals surface area contributed by atoms with Crippen LogP contribution in [0.25, 0.3) is 0 Å². The summed E-state index contributed by atoms with van der Waals surface area (Å²) in [5.41, 5.74) is 0.420. The SMILES string of the molecule is O=C(CC[S+]([O-])c1cccs1)NC1C(=O)N2C(C(=O)[O-])=C(CSc3cnn[nH]3)CS[C@@H]12.[Na+]. The number of β-lactam (4-membered cyclic amide) rings is 1. The molecule has 164 valence electrons. The van der Waals surface area contributed by atoms with E-state index in [1.54, 1.807) is 12.1 Å². The third kappa shape index (κ3) is 5.55. The van der Waals surface area contributed by atoms with Crippen molar-refractivity contribution < 1.29 is 53.6 Å². The second kappa shape index (κ2) is 11.4. The van der Waals surface area contributed by atoms with Crippen LogP contribution >= 0.6 is 34.9 Å². The molecule has 1 fully saturated rings. The molecule has 2 aromatic heterocycles. The maximum atomic E-state index is 12.6. The Labute approximate surface area is 220 Å². The van der Waals surface area contributed by atoms with Crippen LogP contribution in [0.5, 0.6) is 0 Å². The number of thioether (sulfide) groups is 2. The number of aromatic amines is 1. The van der Waals surface area contributed by atoms with Gasteiger partial charge in [0.15, 0.2) is 0 Å². The molecule has 2 aromatic rings. The fourth-order valence-corrected chi connectivity index (χ4v) is 7.50. The van der Waals surface area contributed by atoms with Gasteiger partial charge in [0.25, 0.3) is 5.91 Å². The number of fused-ring (bicyclic) bond motifs is 1. The summed E-state index contributed by atoms with van der Waals surface area (Å²) < 4.78 is 12.8. The Morgan fingerprint density at radius 1 is 1.44 bits per heavy atom. The van der Waals surface area contributed by atoms with Crippen LogP contribution in [0.1, 0.15) is 6.42 Å². The number of thiophene rings is 1. The monoisotopic (exact) mass is 521 g/mol. The second-order valence-corrected chi connectivity index (χ2v) is 11.4. The zero-order valence-corrected chi connectivity index (χ0v) is 22.1. The Hall–Kier alpha value is -1.000. The molecule has 2 unspecified atom stereocenters. The van der Waals surface area contributed by atoms with Gasteiger partial charge in [-0.3, -0.25) is 19.6 Å². The number of rotatable bonds is 9. The van der Waals surface area contributed by atoms with E-state index in [0.29, 0.717) is 26.3 Å². The van der Waals surface area contributed by atoms with Gasteiger partial charge in [0.1, 0.15) is 22.2 Å². The Morgan fingerprint density at radius 3 is 2.91 bits per heavy atom. The molecule has 2 aliphatic rings. The van der Waals surface area contributed by atoms with E-state index in [1.165, 1.54) is 46.0 Å². The van der Waals surface area contributed by atoms with Gasteiger partial charge in [-0.25, -0.2) is 0 Å². The topological polar surface area (TPSA) is 154 Å². The summed E-state index contributed by atoms with van der Waals surface area (Å²) in [5.74, 6) is -1.43. The van der Waals surface area contributed by atoms with Gasteiger partial charge < -0.3 is 19.8 Å². The Kier molecular flexibility index (Phi) is 9.14. The van der Waals surface area contributed by atoms with Crippen molar-refractivity contribution in [3.63, 3.8) is 0 Å². The van der Waals surface area contributed by atoms with Gasteiger partial charge in [-0.2, -0.15) is 0 Å². The van der Waals surface area contributed by atoms with Crippen molar-refractivity contribution in [2.75, 3.05) is 17.3 Å². The zero-order chi connectivity index (χ0) is 22.0. The molecule has 10 nitrogen and oxygen atoms in total. The first-order chi connectivity index (χ1) is 15.0. The maximum absolute atomic E-state index is 12.6. The normalized spacial score (nSPS) is 20.8. The van der Waals surface area contributed by atoms with Crippen LogP contribution in [0.15, 0.2) is 44.2 Å². The van der Waals surface area contributed by atoms with Crippen molar-refractivity contribution >= 4 is 63.8 Å². The molecule has 3 atom stereocenters. The van der Waals surface area contributed by atoms with Crippen molar-refractivity contribution in [2.45, 2.75) is 27.1 Å². The van der Waals surface area contributed by atoms with Gasteiger partial charge in [0, 0.05) is 17.6 Å². The van der Waals surface area contributed by atoms with Crippen LogP contribution in [-0.2, 0) is 25.6 Å². The van der Waals surface area contributed by atoms with Crippen molar-refractivity contribution in [1.82, 2.24) is 25.6 Å². The van der Waals surface area contributed by atoms with Crippen LogP contribution in [0.2, 0.25) is 0 Å². The standard InChI is InChI=1S/C17H17N5O5S4.Na/c23-10(3-5-31(27)12-2-1-4-28-12)19-13-15(24)22-14(17(25)26)9(8-30-16(13)22)7-29-11-6-18-21-20-11;/h1-2,4,6,13,16H,3,5,7-8H2,(H,19,23)(H,25,26)(H,18,20,21);/q;+1/p-1/t13?,16-,31?;/m0./s1. The number of nitrogens with one attached hydrogen (secondary N) is 2. The van der Waals surface area contributed by atoms with Crippen molar-refractivity contribution in [3.8, 4) is 0 Å². The molecule has 0 aliphatic carbocycles. The number of carbonyl (C=O) groups excluding carboxylic acids is 3. The molecular weight excluding hydrogens is 505 g/mol. The van der Waals surface area contributed by atoms with Crippen molar-refractivity contribution in [3.05, 3.63) is 35.0 Å². The van der Waals surface area contributed by atoms with Gasteiger partial charge in [0.05, 0.1) is 24.3 Å². The summed E-state index contributed by atoms with van der Waals surface area (Å²) in [7, 11) is 0. The number of hydrogen-bond donors (Lipinski definition) is 2. The van der Waals surface area contributed by atoms with E-state index in [0.717, 1.165) is 0 Å². The Morgan fingerprint density at radius 2 is 2.25 bits per heavy atom. The zero-order valence-electron chi connectivity index (χ0n) is 16.8. The molecule has 0 spiro atoms. The largest absolute Gasteiger partial charge is 1.00 e. The number of carbonyl (C=O) groups is 3. The predicted octanol–water partition coefficient (Wildman–Crippen LogP) is -3.44. The smallest absolute Gasteiger partial charge is 0.611 e. The van der Waals surface area contributed by atoms with Crippen LogP contribution in [0.4, 0.5) is 0 Å². The van der Waals surface area contributed by atoms with Gasteiger partial charge in [0.2, 0.25) is 10.1 Å². The van der Waals surface area contributed by atoms with Gasteiger partial charge >= 0.3 is 29.6 Å². The summed E-state index contributed by atoms with van der Waals surface area (Å²) in [4.78, 5) is 37.8. The number of hydrogen-bond acceptors (Lipinski definition) is 10. The van der Waals surface area contributed by atoms with E-state index in [9.17, 15) is 24.0 Å². The minimum atomic E-state index is -1.42. The van der Waals surface area contributed by atoms with E-state index < -0.39 is 40.4 Å². The summed E-state index contributed by atoms with van der Waals surface area (Å²) in [6, 6.07) is 2.73. The Bertz CT molecular complexity index is 1000. The molecule has 2 amide bonds. The quantitative estimate of drug-likeness (QED) is 0.148. The van der Waals surface area contributed by atoms with E-state index in [2.05, 4.69) is 20.7 Å². The fourth-order valence-electron chi connectivity index (χ4n) is 3.13. The maximum Gasteiger partial charge on any atom is 1.00 e. The van der Waals surface area contributed by atoms with E-state index in [1.807, 2.05) is 5.38 Å². The fraction of sp³-hybridized carbons (Fsp3) is 0.353. The van der Waals surface area contributed by atoms with Gasteiger partial charge in [-0.05, 0) is 28.2 Å². The molecule has 4 heterocycles. The number of carboxylic acid groups (broad SMARTS) is 1. The number of H-pyrrole nitrogens is 1.